The molecule has 0 bridgehead atoms. The summed E-state index contributed by atoms with van der Waals surface area (Å²) in [6, 6.07) is 9.85. The predicted octanol–water partition coefficient (Wildman–Crippen LogP) is 3.37. The molecule has 0 spiro atoms. The molecule has 0 saturated carbocycles. The minimum absolute atomic E-state index is 0.0199. The number of nitrogens with one attached hydrogen (secondary N) is 1. The molecular formula is C25H27N7O2S. The number of aromatic nitrogens is 5. The molecule has 4 heterocycles. The van der Waals surface area contributed by atoms with E-state index >= 15 is 0 Å². The molecule has 1 saturated heterocycles. The van der Waals surface area contributed by atoms with Crippen LogP contribution >= 0.6 is 11.3 Å². The molecule has 1 amide bonds. The second-order valence-electron chi connectivity index (χ2n) is 8.38. The summed E-state index contributed by atoms with van der Waals surface area (Å²) in [6.45, 7) is 2.16. The Morgan fingerprint density at radius 1 is 1.17 bits per heavy atom. The molecule has 5 rings (SSSR count). The molecule has 1 aromatic carbocycles. The third-order valence-corrected chi connectivity index (χ3v) is 7.11. The van der Waals surface area contributed by atoms with E-state index in [9.17, 15) is 4.79 Å². The number of thiazole rings is 1. The van der Waals surface area contributed by atoms with Crippen molar-refractivity contribution in [2.75, 3.05) is 31.6 Å². The molecule has 3 aromatic heterocycles. The maximum Gasteiger partial charge on any atom is 0.223 e. The van der Waals surface area contributed by atoms with Crippen molar-refractivity contribution in [2.45, 2.75) is 19.3 Å². The van der Waals surface area contributed by atoms with E-state index in [1.54, 1.807) is 37.3 Å². The Hall–Kier alpha value is -3.79. The average molecular weight is 490 g/mol. The second-order valence-corrected chi connectivity index (χ2v) is 9.24. The van der Waals surface area contributed by atoms with E-state index in [-0.39, 0.29) is 11.8 Å². The van der Waals surface area contributed by atoms with Gasteiger partial charge in [-0.05, 0) is 37.1 Å². The number of methoxy groups -OCH3 is 1. The van der Waals surface area contributed by atoms with E-state index in [0.717, 1.165) is 66.0 Å². The number of hydrogen-bond acceptors (Lipinski definition) is 8. The zero-order chi connectivity index (χ0) is 24.0. The number of ether oxygens (including phenoxy) is 1. The van der Waals surface area contributed by atoms with Gasteiger partial charge in [0.05, 0.1) is 12.8 Å². The maximum absolute atomic E-state index is 12.7. The first-order chi connectivity index (χ1) is 17.2. The topological polar surface area (TPSA) is 98.1 Å². The van der Waals surface area contributed by atoms with Crippen LogP contribution in [0.3, 0.4) is 0 Å². The molecule has 0 aliphatic carbocycles. The summed E-state index contributed by atoms with van der Waals surface area (Å²) in [4.78, 5) is 32.5. The van der Waals surface area contributed by atoms with Gasteiger partial charge in [0.15, 0.2) is 0 Å². The van der Waals surface area contributed by atoms with Crippen molar-refractivity contribution in [3.8, 4) is 22.1 Å². The van der Waals surface area contributed by atoms with Gasteiger partial charge in [-0.25, -0.2) is 19.9 Å². The molecule has 9 nitrogen and oxygen atoms in total. The monoisotopic (exact) mass is 489 g/mol. The quantitative estimate of drug-likeness (QED) is 0.405. The fourth-order valence-electron chi connectivity index (χ4n) is 4.16. The lowest BCUT2D eigenvalue weighted by molar-refractivity contribution is -0.125. The molecule has 0 atom stereocenters. The number of anilines is 1. The standard InChI is InChI=1S/C25H27N7O2S/c1-34-21-4-2-19(3-5-21)25-30-20(15-35-25)6-9-27-24(33)18-7-11-31(12-8-18)22-14-23(29-16-28-22)32-13-10-26-17-32/h2-5,10,13-18H,6-9,11-12H2,1H3,(H,27,33). The van der Waals surface area contributed by atoms with Crippen molar-refractivity contribution in [3.05, 3.63) is 66.5 Å². The fraction of sp³-hybridized carbons (Fsp3) is 0.320. The number of carbonyl (C=O) groups excluding carboxylic acids is 1. The molecule has 1 N–H and O–H groups in total. The van der Waals surface area contributed by atoms with Crippen LogP contribution in [0.15, 0.2) is 60.8 Å². The highest BCUT2D eigenvalue weighted by Gasteiger charge is 2.25. The van der Waals surface area contributed by atoms with Gasteiger partial charge in [-0.15, -0.1) is 11.3 Å². The van der Waals surface area contributed by atoms with Crippen LogP contribution in [-0.4, -0.2) is 57.2 Å². The molecular weight excluding hydrogens is 462 g/mol. The van der Waals surface area contributed by atoms with Crippen LogP contribution in [0.1, 0.15) is 18.5 Å². The number of carbonyl (C=O) groups is 1. The summed E-state index contributed by atoms with van der Waals surface area (Å²) in [7, 11) is 1.66. The van der Waals surface area contributed by atoms with E-state index in [0.29, 0.717) is 6.54 Å². The first-order valence-corrected chi connectivity index (χ1v) is 12.5. The van der Waals surface area contributed by atoms with Crippen LogP contribution in [0.2, 0.25) is 0 Å². The third kappa shape index (κ3) is 5.48. The van der Waals surface area contributed by atoms with Crippen LogP contribution in [-0.2, 0) is 11.2 Å². The lowest BCUT2D eigenvalue weighted by Crippen LogP contribution is -2.41. The summed E-state index contributed by atoms with van der Waals surface area (Å²) in [5.41, 5.74) is 2.06. The lowest BCUT2D eigenvalue weighted by Gasteiger charge is -2.32. The van der Waals surface area contributed by atoms with E-state index in [2.05, 4.69) is 30.5 Å². The molecule has 10 heteroatoms. The highest BCUT2D eigenvalue weighted by Crippen LogP contribution is 2.26. The Balaban J connectivity index is 1.08. The Morgan fingerprint density at radius 3 is 2.71 bits per heavy atom. The Kier molecular flexibility index (Phi) is 6.99. The van der Waals surface area contributed by atoms with Crippen molar-refractivity contribution in [2.24, 2.45) is 5.92 Å². The Bertz CT molecular complexity index is 1250. The van der Waals surface area contributed by atoms with Gasteiger partial charge in [0, 0.05) is 61.4 Å². The highest BCUT2D eigenvalue weighted by atomic mass is 32.1. The molecule has 4 aromatic rings. The van der Waals surface area contributed by atoms with E-state index < -0.39 is 0 Å². The van der Waals surface area contributed by atoms with E-state index in [1.807, 2.05) is 41.1 Å². The lowest BCUT2D eigenvalue weighted by atomic mass is 9.96. The normalized spacial score (nSPS) is 14.1. The fourth-order valence-corrected chi connectivity index (χ4v) is 5.02. The van der Waals surface area contributed by atoms with Gasteiger partial charge in [-0.1, -0.05) is 0 Å². The van der Waals surface area contributed by atoms with Crippen molar-refractivity contribution in [3.63, 3.8) is 0 Å². The minimum Gasteiger partial charge on any atom is -0.497 e. The van der Waals surface area contributed by atoms with E-state index in [1.165, 1.54) is 0 Å². The molecule has 1 aliphatic heterocycles. The summed E-state index contributed by atoms with van der Waals surface area (Å²) in [6.07, 6.45) is 9.18. The Labute approximate surface area is 207 Å². The highest BCUT2D eigenvalue weighted by molar-refractivity contribution is 7.13. The van der Waals surface area contributed by atoms with Crippen molar-refractivity contribution in [1.82, 2.24) is 29.8 Å². The van der Waals surface area contributed by atoms with Crippen molar-refractivity contribution >= 4 is 23.1 Å². The van der Waals surface area contributed by atoms with Crippen LogP contribution in [0, 0.1) is 5.92 Å². The molecule has 0 unspecified atom stereocenters. The second kappa shape index (κ2) is 10.6. The number of hydrogen-bond donors (Lipinski definition) is 1. The summed E-state index contributed by atoms with van der Waals surface area (Å²) < 4.78 is 7.07. The van der Waals surface area contributed by atoms with Crippen LogP contribution in [0.5, 0.6) is 5.75 Å². The van der Waals surface area contributed by atoms with Gasteiger partial charge in [-0.3, -0.25) is 9.36 Å². The number of rotatable bonds is 8. The van der Waals surface area contributed by atoms with Gasteiger partial charge in [0.2, 0.25) is 5.91 Å². The summed E-state index contributed by atoms with van der Waals surface area (Å²) in [5, 5.41) is 6.14. The number of piperidine rings is 1. The number of nitrogens with zero attached hydrogens (tertiary/aromatic N) is 6. The first kappa shape index (κ1) is 23.0. The maximum atomic E-state index is 12.7. The van der Waals surface area contributed by atoms with Crippen LogP contribution in [0.4, 0.5) is 5.82 Å². The van der Waals surface area contributed by atoms with Gasteiger partial charge >= 0.3 is 0 Å². The zero-order valence-electron chi connectivity index (χ0n) is 19.5. The molecule has 0 radical (unpaired) electrons. The van der Waals surface area contributed by atoms with Gasteiger partial charge in [-0.2, -0.15) is 0 Å². The van der Waals surface area contributed by atoms with Crippen LogP contribution < -0.4 is 15.0 Å². The number of imidazole rings is 1. The number of amides is 1. The Morgan fingerprint density at radius 2 is 1.97 bits per heavy atom. The van der Waals surface area contributed by atoms with Crippen LogP contribution in [0.25, 0.3) is 16.4 Å². The first-order valence-electron chi connectivity index (χ1n) is 11.6. The average Bonchev–Trinajstić information content (AvgIpc) is 3.62. The molecule has 1 aliphatic rings. The van der Waals surface area contributed by atoms with Gasteiger partial charge < -0.3 is 15.0 Å². The van der Waals surface area contributed by atoms with Gasteiger partial charge in [0.25, 0.3) is 0 Å². The molecule has 180 valence electrons. The van der Waals surface area contributed by atoms with Crippen molar-refractivity contribution in [1.29, 1.82) is 0 Å². The number of benzene rings is 1. The SMILES string of the molecule is COc1ccc(-c2nc(CCNC(=O)C3CCN(c4cc(-n5ccnc5)ncn4)CC3)cs2)cc1. The minimum atomic E-state index is 0.0199. The third-order valence-electron chi connectivity index (χ3n) is 6.17. The predicted molar refractivity (Wildman–Crippen MR) is 135 cm³/mol. The van der Waals surface area contributed by atoms with Crippen molar-refractivity contribution < 1.29 is 9.53 Å². The smallest absolute Gasteiger partial charge is 0.223 e. The van der Waals surface area contributed by atoms with Gasteiger partial charge in [0.1, 0.15) is 35.0 Å². The largest absolute Gasteiger partial charge is 0.497 e. The molecule has 1 fully saturated rings. The molecule has 35 heavy (non-hydrogen) atoms. The zero-order valence-corrected chi connectivity index (χ0v) is 20.3. The summed E-state index contributed by atoms with van der Waals surface area (Å²) in [5.74, 6) is 2.63. The summed E-state index contributed by atoms with van der Waals surface area (Å²) >= 11 is 1.62. The van der Waals surface area contributed by atoms with E-state index in [4.69, 9.17) is 9.72 Å².